The van der Waals surface area contributed by atoms with E-state index in [1.54, 1.807) is 18.2 Å². The zero-order valence-electron chi connectivity index (χ0n) is 10.2. The molecular formula is C12H12N2O5S. The van der Waals surface area contributed by atoms with Gasteiger partial charge in [0.1, 0.15) is 16.3 Å². The van der Waals surface area contributed by atoms with E-state index in [1.807, 2.05) is 0 Å². The van der Waals surface area contributed by atoms with E-state index in [0.29, 0.717) is 5.56 Å². The van der Waals surface area contributed by atoms with Crippen molar-refractivity contribution < 1.29 is 23.4 Å². The maximum absolute atomic E-state index is 11.9. The number of aromatic nitrogens is 1. The second kappa shape index (κ2) is 5.35. The number of rotatable bonds is 5. The van der Waals surface area contributed by atoms with Crippen LogP contribution >= 0.6 is 0 Å². The number of carboxylic acid groups (broad SMARTS) is 1. The van der Waals surface area contributed by atoms with Gasteiger partial charge in [0.2, 0.25) is 10.0 Å². The van der Waals surface area contributed by atoms with Crippen LogP contribution in [0.4, 0.5) is 0 Å². The molecule has 0 spiro atoms. The van der Waals surface area contributed by atoms with Crippen LogP contribution in [0.3, 0.4) is 0 Å². The summed E-state index contributed by atoms with van der Waals surface area (Å²) in [7, 11) is -3.84. The van der Waals surface area contributed by atoms with Gasteiger partial charge in [0.25, 0.3) is 0 Å². The van der Waals surface area contributed by atoms with Crippen LogP contribution in [-0.2, 0) is 16.6 Å². The van der Waals surface area contributed by atoms with Gasteiger partial charge in [-0.1, -0.05) is 18.2 Å². The van der Waals surface area contributed by atoms with Crippen LogP contribution in [0.5, 0.6) is 5.75 Å². The third-order valence-corrected chi connectivity index (χ3v) is 4.02. The Balaban J connectivity index is 2.15. The first-order chi connectivity index (χ1) is 9.40. The average molecular weight is 296 g/mol. The average Bonchev–Trinajstić information content (AvgIpc) is 2.88. The number of phenols is 1. The molecule has 106 valence electrons. The SMILES string of the molecule is O=C(O)c1cc(S(=O)(=O)NCc2ccccc2O)c[nH]1. The summed E-state index contributed by atoms with van der Waals surface area (Å²) in [4.78, 5) is 12.9. The number of aromatic carboxylic acids is 1. The Morgan fingerprint density at radius 3 is 2.60 bits per heavy atom. The van der Waals surface area contributed by atoms with Gasteiger partial charge in [0.05, 0.1) is 0 Å². The Bertz CT molecular complexity index is 736. The van der Waals surface area contributed by atoms with Crippen LogP contribution < -0.4 is 4.72 Å². The maximum atomic E-state index is 11.9. The Labute approximate surface area is 114 Å². The van der Waals surface area contributed by atoms with Crippen molar-refractivity contribution in [2.24, 2.45) is 0 Å². The fourth-order valence-corrected chi connectivity index (χ4v) is 2.57. The first-order valence-electron chi connectivity index (χ1n) is 5.58. The molecule has 0 aliphatic carbocycles. The van der Waals surface area contributed by atoms with Gasteiger partial charge in [-0.2, -0.15) is 0 Å². The van der Waals surface area contributed by atoms with E-state index in [2.05, 4.69) is 9.71 Å². The fraction of sp³-hybridized carbons (Fsp3) is 0.0833. The molecule has 2 aromatic rings. The molecule has 0 bridgehead atoms. The number of carboxylic acids is 1. The number of nitrogens with one attached hydrogen (secondary N) is 2. The van der Waals surface area contributed by atoms with E-state index >= 15 is 0 Å². The molecule has 1 heterocycles. The molecule has 20 heavy (non-hydrogen) atoms. The second-order valence-corrected chi connectivity index (χ2v) is 5.77. The largest absolute Gasteiger partial charge is 0.508 e. The van der Waals surface area contributed by atoms with Crippen LogP contribution in [0.25, 0.3) is 0 Å². The van der Waals surface area contributed by atoms with Gasteiger partial charge in [0, 0.05) is 18.3 Å². The van der Waals surface area contributed by atoms with E-state index in [4.69, 9.17) is 5.11 Å². The summed E-state index contributed by atoms with van der Waals surface area (Å²) >= 11 is 0. The number of carbonyl (C=O) groups is 1. The van der Waals surface area contributed by atoms with Crippen LogP contribution in [0, 0.1) is 0 Å². The Hall–Kier alpha value is -2.32. The number of H-pyrrole nitrogens is 1. The monoisotopic (exact) mass is 296 g/mol. The predicted octanol–water partition coefficient (Wildman–Crippen LogP) is 0.897. The highest BCUT2D eigenvalue weighted by molar-refractivity contribution is 7.89. The summed E-state index contributed by atoms with van der Waals surface area (Å²) in [5, 5.41) is 18.3. The minimum absolute atomic E-state index is 0.0181. The van der Waals surface area contributed by atoms with E-state index in [0.717, 1.165) is 12.3 Å². The lowest BCUT2D eigenvalue weighted by molar-refractivity contribution is 0.0691. The van der Waals surface area contributed by atoms with Crippen molar-refractivity contribution >= 4 is 16.0 Å². The third-order valence-electron chi connectivity index (χ3n) is 2.64. The molecule has 0 radical (unpaired) electrons. The highest BCUT2D eigenvalue weighted by Crippen LogP contribution is 2.17. The lowest BCUT2D eigenvalue weighted by Gasteiger charge is -2.06. The molecule has 0 aliphatic heterocycles. The lowest BCUT2D eigenvalue weighted by Crippen LogP contribution is -2.22. The molecule has 1 aromatic heterocycles. The lowest BCUT2D eigenvalue weighted by atomic mass is 10.2. The molecule has 0 aliphatic rings. The fourth-order valence-electron chi connectivity index (χ4n) is 1.57. The minimum atomic E-state index is -3.84. The van der Waals surface area contributed by atoms with Gasteiger partial charge in [-0.05, 0) is 12.1 Å². The quantitative estimate of drug-likeness (QED) is 0.653. The van der Waals surface area contributed by atoms with Crippen molar-refractivity contribution in [3.8, 4) is 5.75 Å². The van der Waals surface area contributed by atoms with Crippen LogP contribution in [0.15, 0.2) is 41.4 Å². The van der Waals surface area contributed by atoms with E-state index < -0.39 is 16.0 Å². The van der Waals surface area contributed by atoms with Gasteiger partial charge in [-0.25, -0.2) is 17.9 Å². The number of sulfonamides is 1. The summed E-state index contributed by atoms with van der Waals surface area (Å²) in [5.41, 5.74) is 0.206. The molecule has 0 saturated carbocycles. The number of phenolic OH excluding ortho intramolecular Hbond substituents is 1. The number of aromatic hydroxyl groups is 1. The van der Waals surface area contributed by atoms with Gasteiger partial charge < -0.3 is 15.2 Å². The Kier molecular flexibility index (Phi) is 3.77. The van der Waals surface area contributed by atoms with E-state index in [-0.39, 0.29) is 22.9 Å². The number of para-hydroxylation sites is 1. The summed E-state index contributed by atoms with van der Waals surface area (Å²) < 4.78 is 26.2. The minimum Gasteiger partial charge on any atom is -0.508 e. The molecule has 0 saturated heterocycles. The standard InChI is InChI=1S/C12H12N2O5S/c15-11-4-2-1-3-8(11)6-14-20(18,19)9-5-10(12(16)17)13-7-9/h1-5,7,13-15H,6H2,(H,16,17). The Morgan fingerprint density at radius 1 is 1.30 bits per heavy atom. The number of aromatic amines is 1. The topological polar surface area (TPSA) is 119 Å². The highest BCUT2D eigenvalue weighted by Gasteiger charge is 2.18. The van der Waals surface area contributed by atoms with Crippen molar-refractivity contribution in [1.82, 2.24) is 9.71 Å². The summed E-state index contributed by atoms with van der Waals surface area (Å²) in [6.07, 6.45) is 1.09. The van der Waals surface area contributed by atoms with Gasteiger partial charge in [-0.15, -0.1) is 0 Å². The van der Waals surface area contributed by atoms with E-state index in [9.17, 15) is 18.3 Å². The molecule has 4 N–H and O–H groups in total. The van der Waals surface area contributed by atoms with E-state index in [1.165, 1.54) is 6.07 Å². The summed E-state index contributed by atoms with van der Waals surface area (Å²) in [6, 6.07) is 7.34. The van der Waals surface area contributed by atoms with Crippen molar-refractivity contribution in [1.29, 1.82) is 0 Å². The van der Waals surface area contributed by atoms with Crippen LogP contribution in [0.1, 0.15) is 16.1 Å². The molecule has 8 heteroatoms. The molecule has 0 amide bonds. The normalized spacial score (nSPS) is 11.4. The smallest absolute Gasteiger partial charge is 0.352 e. The molecule has 2 rings (SSSR count). The highest BCUT2D eigenvalue weighted by atomic mass is 32.2. The molecule has 1 aromatic carbocycles. The summed E-state index contributed by atoms with van der Waals surface area (Å²) in [6.45, 7) is -0.0947. The van der Waals surface area contributed by atoms with Gasteiger partial charge in [0.15, 0.2) is 0 Å². The predicted molar refractivity (Wildman–Crippen MR) is 69.9 cm³/mol. The van der Waals surface area contributed by atoms with Crippen molar-refractivity contribution in [2.45, 2.75) is 11.4 Å². The molecular weight excluding hydrogens is 284 g/mol. The summed E-state index contributed by atoms with van der Waals surface area (Å²) in [5.74, 6) is -1.26. The second-order valence-electron chi connectivity index (χ2n) is 4.01. The van der Waals surface area contributed by atoms with Crippen molar-refractivity contribution in [3.05, 3.63) is 47.8 Å². The first-order valence-corrected chi connectivity index (χ1v) is 7.07. The van der Waals surface area contributed by atoms with Gasteiger partial charge >= 0.3 is 5.97 Å². The zero-order valence-corrected chi connectivity index (χ0v) is 11.0. The molecule has 0 fully saturated rings. The van der Waals surface area contributed by atoms with Crippen molar-refractivity contribution in [3.63, 3.8) is 0 Å². The zero-order chi connectivity index (χ0) is 14.8. The maximum Gasteiger partial charge on any atom is 0.352 e. The number of hydrogen-bond donors (Lipinski definition) is 4. The van der Waals surface area contributed by atoms with Gasteiger partial charge in [-0.3, -0.25) is 0 Å². The molecule has 0 unspecified atom stereocenters. The number of hydrogen-bond acceptors (Lipinski definition) is 4. The Morgan fingerprint density at radius 2 is 2.00 bits per heavy atom. The number of benzene rings is 1. The van der Waals surface area contributed by atoms with Crippen LogP contribution in [-0.4, -0.2) is 29.6 Å². The van der Waals surface area contributed by atoms with Crippen molar-refractivity contribution in [2.75, 3.05) is 0 Å². The third kappa shape index (κ3) is 2.98. The van der Waals surface area contributed by atoms with Crippen LogP contribution in [0.2, 0.25) is 0 Å². The molecule has 7 nitrogen and oxygen atoms in total. The molecule has 0 atom stereocenters. The first kappa shape index (κ1) is 14.1.